The summed E-state index contributed by atoms with van der Waals surface area (Å²) in [7, 11) is 0. The molecule has 128 valence electrons. The van der Waals surface area contributed by atoms with Crippen LogP contribution in [-0.4, -0.2) is 56.7 Å². The van der Waals surface area contributed by atoms with Gasteiger partial charge in [0.1, 0.15) is 18.7 Å². The third-order valence-electron chi connectivity index (χ3n) is 4.62. The van der Waals surface area contributed by atoms with E-state index >= 15 is 0 Å². The van der Waals surface area contributed by atoms with Crippen molar-refractivity contribution in [3.05, 3.63) is 48.0 Å². The predicted octanol–water partition coefficient (Wildman–Crippen LogP) is 1.88. The number of aromatic nitrogens is 3. The molecule has 2 aromatic rings. The second-order valence-corrected chi connectivity index (χ2v) is 6.49. The largest absolute Gasteiger partial charge is 0.340 e. The van der Waals surface area contributed by atoms with Gasteiger partial charge < -0.3 is 4.90 Å². The lowest BCUT2D eigenvalue weighted by molar-refractivity contribution is -0.134. The molecule has 2 heterocycles. The predicted molar refractivity (Wildman–Crippen MR) is 92.4 cm³/mol. The zero-order valence-electron chi connectivity index (χ0n) is 14.4. The molecule has 1 aromatic heterocycles. The zero-order chi connectivity index (χ0) is 16.9. The minimum atomic E-state index is -0.295. The number of aryl methyl sites for hydroxylation is 1. The number of carbonyl (C=O) groups is 1. The number of nitrogens with zero attached hydrogens (tertiary/aromatic N) is 5. The Morgan fingerprint density at radius 2 is 1.96 bits per heavy atom. The number of carbonyl (C=O) groups excluding carboxylic acids is 1. The lowest BCUT2D eigenvalue weighted by Gasteiger charge is -2.24. The number of hydrogen-bond acceptors (Lipinski definition) is 4. The maximum atomic E-state index is 12.7. The van der Waals surface area contributed by atoms with Crippen molar-refractivity contribution in [1.29, 1.82) is 0 Å². The highest BCUT2D eigenvalue weighted by Gasteiger charge is 2.24. The Bertz CT molecular complexity index is 653. The van der Waals surface area contributed by atoms with Gasteiger partial charge in [-0.25, -0.2) is 9.67 Å². The van der Waals surface area contributed by atoms with E-state index < -0.39 is 0 Å². The van der Waals surface area contributed by atoms with Crippen LogP contribution in [0.3, 0.4) is 0 Å². The number of rotatable bonds is 4. The maximum absolute atomic E-state index is 12.7. The molecule has 24 heavy (non-hydrogen) atoms. The van der Waals surface area contributed by atoms with Crippen molar-refractivity contribution in [3.63, 3.8) is 0 Å². The number of amides is 1. The van der Waals surface area contributed by atoms with Gasteiger partial charge in [0, 0.05) is 32.7 Å². The number of hydrogen-bond donors (Lipinski definition) is 0. The van der Waals surface area contributed by atoms with Crippen LogP contribution in [0, 0.1) is 6.92 Å². The summed E-state index contributed by atoms with van der Waals surface area (Å²) >= 11 is 0. The smallest absolute Gasteiger partial charge is 0.247 e. The summed E-state index contributed by atoms with van der Waals surface area (Å²) in [6, 6.07) is 8.40. The third-order valence-corrected chi connectivity index (χ3v) is 4.62. The van der Waals surface area contributed by atoms with E-state index in [1.54, 1.807) is 11.0 Å². The zero-order valence-corrected chi connectivity index (χ0v) is 14.4. The van der Waals surface area contributed by atoms with Crippen molar-refractivity contribution in [2.45, 2.75) is 32.9 Å². The molecule has 1 saturated heterocycles. The van der Waals surface area contributed by atoms with E-state index in [0.717, 1.165) is 39.1 Å². The van der Waals surface area contributed by atoms with Crippen LogP contribution in [0.2, 0.25) is 0 Å². The van der Waals surface area contributed by atoms with Crippen LogP contribution < -0.4 is 0 Å². The topological polar surface area (TPSA) is 54.3 Å². The molecule has 6 heteroatoms. The average Bonchev–Trinajstić information content (AvgIpc) is 3.03. The highest BCUT2D eigenvalue weighted by atomic mass is 16.2. The Morgan fingerprint density at radius 3 is 2.67 bits per heavy atom. The second kappa shape index (κ2) is 7.57. The minimum absolute atomic E-state index is 0.123. The first kappa shape index (κ1) is 16.6. The molecule has 3 rings (SSSR count). The highest BCUT2D eigenvalue weighted by Crippen LogP contribution is 2.13. The van der Waals surface area contributed by atoms with Crippen molar-refractivity contribution in [2.24, 2.45) is 0 Å². The lowest BCUT2D eigenvalue weighted by atomic mass is 10.1. The Hall–Kier alpha value is -2.21. The Labute approximate surface area is 143 Å². The third kappa shape index (κ3) is 4.00. The van der Waals surface area contributed by atoms with E-state index in [9.17, 15) is 4.79 Å². The van der Waals surface area contributed by atoms with E-state index in [2.05, 4.69) is 46.2 Å². The van der Waals surface area contributed by atoms with Gasteiger partial charge in [-0.3, -0.25) is 9.69 Å². The molecule has 0 radical (unpaired) electrons. The van der Waals surface area contributed by atoms with Gasteiger partial charge in [0.15, 0.2) is 0 Å². The molecule has 0 spiro atoms. The normalized spacial score (nSPS) is 17.5. The summed E-state index contributed by atoms with van der Waals surface area (Å²) in [6.45, 7) is 8.44. The van der Waals surface area contributed by atoms with Crippen molar-refractivity contribution in [2.75, 3.05) is 26.2 Å². The van der Waals surface area contributed by atoms with Gasteiger partial charge in [0.25, 0.3) is 0 Å². The van der Waals surface area contributed by atoms with Gasteiger partial charge in [-0.05, 0) is 25.8 Å². The quantitative estimate of drug-likeness (QED) is 0.860. The van der Waals surface area contributed by atoms with Gasteiger partial charge in [0.2, 0.25) is 5.91 Å². The van der Waals surface area contributed by atoms with E-state index in [4.69, 9.17) is 0 Å². The summed E-state index contributed by atoms with van der Waals surface area (Å²) in [5.41, 5.74) is 2.62. The molecule has 0 bridgehead atoms. The van der Waals surface area contributed by atoms with Crippen molar-refractivity contribution in [1.82, 2.24) is 24.6 Å². The van der Waals surface area contributed by atoms with Crippen LogP contribution in [0.4, 0.5) is 0 Å². The lowest BCUT2D eigenvalue weighted by Crippen LogP contribution is -2.39. The van der Waals surface area contributed by atoms with Crippen LogP contribution >= 0.6 is 0 Å². The summed E-state index contributed by atoms with van der Waals surface area (Å²) in [5, 5.41) is 4.08. The molecule has 1 aliphatic rings. The minimum Gasteiger partial charge on any atom is -0.340 e. The maximum Gasteiger partial charge on any atom is 0.247 e. The van der Waals surface area contributed by atoms with Crippen LogP contribution in [0.5, 0.6) is 0 Å². The molecule has 1 aromatic carbocycles. The Kier molecular flexibility index (Phi) is 5.25. The molecule has 0 aliphatic carbocycles. The van der Waals surface area contributed by atoms with Crippen LogP contribution in [-0.2, 0) is 11.3 Å². The fourth-order valence-corrected chi connectivity index (χ4v) is 3.10. The summed E-state index contributed by atoms with van der Waals surface area (Å²) in [6.07, 6.45) is 4.07. The molecule has 1 aliphatic heterocycles. The molecule has 0 saturated carbocycles. The van der Waals surface area contributed by atoms with Gasteiger partial charge in [-0.2, -0.15) is 5.10 Å². The van der Waals surface area contributed by atoms with E-state index in [1.165, 1.54) is 17.5 Å². The van der Waals surface area contributed by atoms with Gasteiger partial charge in [-0.15, -0.1) is 0 Å². The van der Waals surface area contributed by atoms with Gasteiger partial charge in [-0.1, -0.05) is 29.8 Å². The summed E-state index contributed by atoms with van der Waals surface area (Å²) in [4.78, 5) is 21.0. The van der Waals surface area contributed by atoms with Gasteiger partial charge in [0.05, 0.1) is 0 Å². The summed E-state index contributed by atoms with van der Waals surface area (Å²) in [5.74, 6) is 0.123. The average molecular weight is 327 g/mol. The molecule has 1 atom stereocenters. The Morgan fingerprint density at radius 1 is 1.17 bits per heavy atom. The standard InChI is InChI=1S/C18H25N5O/c1-15-4-6-17(7-5-15)12-21-8-3-9-22(11-10-21)18(24)16(2)23-14-19-13-20-23/h4-7,13-14,16H,3,8-12H2,1-2H3/t16-/m0/s1. The fraction of sp³-hybridized carbons (Fsp3) is 0.500. The SMILES string of the molecule is Cc1ccc(CN2CCCN(C(=O)[C@H](C)n3cncn3)CC2)cc1. The van der Waals surface area contributed by atoms with Crippen LogP contribution in [0.15, 0.2) is 36.9 Å². The molecular weight excluding hydrogens is 302 g/mol. The van der Waals surface area contributed by atoms with Crippen LogP contribution in [0.1, 0.15) is 30.5 Å². The van der Waals surface area contributed by atoms with E-state index in [0.29, 0.717) is 0 Å². The molecule has 1 fully saturated rings. The van der Waals surface area contributed by atoms with E-state index in [1.807, 2.05) is 11.8 Å². The highest BCUT2D eigenvalue weighted by molar-refractivity contribution is 5.80. The molecular formula is C18H25N5O. The van der Waals surface area contributed by atoms with Gasteiger partial charge >= 0.3 is 0 Å². The fourth-order valence-electron chi connectivity index (χ4n) is 3.10. The second-order valence-electron chi connectivity index (χ2n) is 6.49. The summed E-state index contributed by atoms with van der Waals surface area (Å²) < 4.78 is 1.62. The van der Waals surface area contributed by atoms with Crippen molar-refractivity contribution in [3.8, 4) is 0 Å². The van der Waals surface area contributed by atoms with Crippen molar-refractivity contribution < 1.29 is 4.79 Å². The Balaban J connectivity index is 1.56. The monoisotopic (exact) mass is 327 g/mol. The van der Waals surface area contributed by atoms with Crippen molar-refractivity contribution >= 4 is 5.91 Å². The van der Waals surface area contributed by atoms with E-state index in [-0.39, 0.29) is 11.9 Å². The molecule has 0 N–H and O–H groups in total. The first-order chi connectivity index (χ1) is 11.6. The number of benzene rings is 1. The molecule has 1 amide bonds. The first-order valence-electron chi connectivity index (χ1n) is 8.54. The molecule has 6 nitrogen and oxygen atoms in total. The van der Waals surface area contributed by atoms with Crippen LogP contribution in [0.25, 0.3) is 0 Å². The first-order valence-corrected chi connectivity index (χ1v) is 8.54. The molecule has 0 unspecified atom stereocenters.